The van der Waals surface area contributed by atoms with E-state index in [1.807, 2.05) is 36.8 Å². The van der Waals surface area contributed by atoms with E-state index in [1.165, 1.54) is 14.2 Å². The highest BCUT2D eigenvalue weighted by molar-refractivity contribution is 6.00. The minimum atomic E-state index is -4.58. The summed E-state index contributed by atoms with van der Waals surface area (Å²) in [4.78, 5) is 17.1. The van der Waals surface area contributed by atoms with Crippen LogP contribution in [-0.4, -0.2) is 51.7 Å². The van der Waals surface area contributed by atoms with Crippen LogP contribution in [0.4, 0.5) is 13.2 Å². The van der Waals surface area contributed by atoms with Crippen molar-refractivity contribution in [2.45, 2.75) is 19.1 Å². The third-order valence-electron chi connectivity index (χ3n) is 5.42. The molecule has 0 bridgehead atoms. The monoisotopic (exact) mass is 473 g/mol. The molecule has 1 amide bonds. The van der Waals surface area contributed by atoms with Gasteiger partial charge in [-0.05, 0) is 24.6 Å². The van der Waals surface area contributed by atoms with Gasteiger partial charge in [-0.15, -0.1) is 0 Å². The van der Waals surface area contributed by atoms with Gasteiger partial charge < -0.3 is 14.8 Å². The maximum absolute atomic E-state index is 12.9. The predicted molar refractivity (Wildman–Crippen MR) is 119 cm³/mol. The van der Waals surface area contributed by atoms with Gasteiger partial charge in [0.15, 0.2) is 0 Å². The van der Waals surface area contributed by atoms with E-state index in [4.69, 9.17) is 9.47 Å². The Morgan fingerprint density at radius 1 is 1.09 bits per heavy atom. The van der Waals surface area contributed by atoms with E-state index < -0.39 is 18.1 Å². The van der Waals surface area contributed by atoms with Crippen molar-refractivity contribution in [2.75, 3.05) is 14.2 Å². The number of amides is 1. The number of halogens is 3. The molecule has 2 heterocycles. The first-order chi connectivity index (χ1) is 16.1. The zero-order valence-electron chi connectivity index (χ0n) is 18.8. The van der Waals surface area contributed by atoms with E-state index in [-0.39, 0.29) is 17.1 Å². The van der Waals surface area contributed by atoms with Gasteiger partial charge in [-0.1, -0.05) is 6.07 Å². The molecule has 11 heteroatoms. The van der Waals surface area contributed by atoms with Crippen LogP contribution >= 0.6 is 0 Å². The highest BCUT2D eigenvalue weighted by Gasteiger charge is 2.38. The Balaban J connectivity index is 1.74. The van der Waals surface area contributed by atoms with Crippen LogP contribution in [0.3, 0.4) is 0 Å². The number of nitrogens with one attached hydrogen (secondary N) is 1. The van der Waals surface area contributed by atoms with Crippen LogP contribution in [0.5, 0.6) is 11.5 Å². The zero-order chi connectivity index (χ0) is 24.6. The second-order valence-corrected chi connectivity index (χ2v) is 7.68. The number of ether oxygens (including phenoxy) is 2. The van der Waals surface area contributed by atoms with Gasteiger partial charge >= 0.3 is 6.18 Å². The lowest BCUT2D eigenvalue weighted by molar-refractivity contribution is -0.149. The number of aromatic nitrogens is 4. The van der Waals surface area contributed by atoms with Crippen molar-refractivity contribution in [1.29, 1.82) is 0 Å². The quantitative estimate of drug-likeness (QED) is 0.456. The van der Waals surface area contributed by atoms with E-state index in [9.17, 15) is 18.0 Å². The van der Waals surface area contributed by atoms with Crippen molar-refractivity contribution in [1.82, 2.24) is 24.6 Å². The van der Waals surface area contributed by atoms with E-state index in [0.29, 0.717) is 5.69 Å². The van der Waals surface area contributed by atoms with Gasteiger partial charge in [0.1, 0.15) is 29.4 Å². The second-order valence-electron chi connectivity index (χ2n) is 7.68. The summed E-state index contributed by atoms with van der Waals surface area (Å²) in [5.41, 5.74) is 3.83. The number of aryl methyl sites for hydroxylation is 1. The first kappa shape index (κ1) is 23.1. The lowest BCUT2D eigenvalue weighted by Crippen LogP contribution is -2.43. The van der Waals surface area contributed by atoms with Gasteiger partial charge in [0, 0.05) is 30.9 Å². The fourth-order valence-electron chi connectivity index (χ4n) is 3.58. The number of carbonyl (C=O) groups excluding carboxylic acids is 1. The van der Waals surface area contributed by atoms with Crippen LogP contribution in [0.25, 0.3) is 27.8 Å². The molecule has 4 rings (SSSR count). The number of methoxy groups -OCH3 is 2. The molecule has 1 atom stereocenters. The van der Waals surface area contributed by atoms with Crippen molar-refractivity contribution in [3.05, 3.63) is 54.6 Å². The molecule has 0 spiro atoms. The molecule has 0 saturated carbocycles. The molecule has 8 nitrogen and oxygen atoms in total. The number of nitrogens with zero attached hydrogens (tertiary/aromatic N) is 4. The fourth-order valence-corrected chi connectivity index (χ4v) is 3.58. The molecule has 1 N–H and O–H groups in total. The molecule has 4 aromatic rings. The average Bonchev–Trinajstić information content (AvgIpc) is 3.43. The number of rotatable bonds is 6. The number of fused-ring (bicyclic) bond motifs is 1. The SMILES string of the molecule is COc1cc(-n2cnc3cc(-c4cnn(C)c4)ccc32)cc(OC)c1C(=O)NC(C)C(F)(F)F. The van der Waals surface area contributed by atoms with Crippen LogP contribution < -0.4 is 14.8 Å². The summed E-state index contributed by atoms with van der Waals surface area (Å²) in [5, 5.41) is 6.13. The van der Waals surface area contributed by atoms with E-state index >= 15 is 0 Å². The molecule has 0 saturated heterocycles. The van der Waals surface area contributed by atoms with Crippen molar-refractivity contribution in [3.63, 3.8) is 0 Å². The van der Waals surface area contributed by atoms with Crippen molar-refractivity contribution >= 4 is 16.9 Å². The number of benzene rings is 2. The van der Waals surface area contributed by atoms with Gasteiger partial charge in [0.2, 0.25) is 0 Å². The van der Waals surface area contributed by atoms with Gasteiger partial charge in [0.05, 0.1) is 37.1 Å². The Labute approximate surface area is 192 Å². The minimum Gasteiger partial charge on any atom is -0.496 e. The third-order valence-corrected chi connectivity index (χ3v) is 5.42. The minimum absolute atomic E-state index is 0.0649. The van der Waals surface area contributed by atoms with Gasteiger partial charge in [0.25, 0.3) is 5.91 Å². The lowest BCUT2D eigenvalue weighted by atomic mass is 10.1. The van der Waals surface area contributed by atoms with Crippen LogP contribution in [0.15, 0.2) is 49.1 Å². The van der Waals surface area contributed by atoms with E-state index in [2.05, 4.69) is 10.1 Å². The number of carbonyl (C=O) groups is 1. The number of alkyl halides is 3. The molecule has 0 aliphatic rings. The Morgan fingerprint density at radius 3 is 2.32 bits per heavy atom. The zero-order valence-corrected chi connectivity index (χ0v) is 18.8. The molecule has 0 radical (unpaired) electrons. The molecule has 2 aromatic heterocycles. The summed E-state index contributed by atoms with van der Waals surface area (Å²) in [6.07, 6.45) is 0.687. The fraction of sp³-hybridized carbons (Fsp3) is 0.261. The summed E-state index contributed by atoms with van der Waals surface area (Å²) in [6.45, 7) is 0.864. The molecule has 1 unspecified atom stereocenters. The topological polar surface area (TPSA) is 83.2 Å². The molecule has 2 aromatic carbocycles. The first-order valence-electron chi connectivity index (χ1n) is 10.2. The number of hydrogen-bond donors (Lipinski definition) is 1. The van der Waals surface area contributed by atoms with Crippen molar-refractivity contribution in [3.8, 4) is 28.3 Å². The molecular weight excluding hydrogens is 451 g/mol. The number of hydrogen-bond acceptors (Lipinski definition) is 5. The summed E-state index contributed by atoms with van der Waals surface area (Å²) in [6, 6.07) is 6.82. The summed E-state index contributed by atoms with van der Waals surface area (Å²) in [5.74, 6) is -0.827. The van der Waals surface area contributed by atoms with Crippen LogP contribution in [0.2, 0.25) is 0 Å². The lowest BCUT2D eigenvalue weighted by Gasteiger charge is -2.20. The molecule has 34 heavy (non-hydrogen) atoms. The Hall–Kier alpha value is -4.02. The average molecular weight is 473 g/mol. The highest BCUT2D eigenvalue weighted by atomic mass is 19.4. The van der Waals surface area contributed by atoms with E-state index in [0.717, 1.165) is 29.1 Å². The summed E-state index contributed by atoms with van der Waals surface area (Å²) in [7, 11) is 4.49. The van der Waals surface area contributed by atoms with Crippen molar-refractivity contribution < 1.29 is 27.4 Å². The molecule has 0 aliphatic heterocycles. The summed E-state index contributed by atoms with van der Waals surface area (Å²) < 4.78 is 53.0. The smallest absolute Gasteiger partial charge is 0.408 e. The first-order valence-corrected chi connectivity index (χ1v) is 10.2. The number of imidazole rings is 1. The largest absolute Gasteiger partial charge is 0.496 e. The highest BCUT2D eigenvalue weighted by Crippen LogP contribution is 2.34. The predicted octanol–water partition coefficient (Wildman–Crippen LogP) is 4.12. The summed E-state index contributed by atoms with van der Waals surface area (Å²) >= 11 is 0. The Bertz CT molecular complexity index is 1330. The molecule has 0 aliphatic carbocycles. The van der Waals surface area contributed by atoms with Crippen LogP contribution in [-0.2, 0) is 7.05 Å². The standard InChI is InChI=1S/C23H22F3N5O3/c1-13(23(24,25)26)29-22(32)21-19(33-3)8-16(9-20(21)34-4)31-12-27-17-7-14(5-6-18(17)31)15-10-28-30(2)11-15/h5-13H,1-4H3,(H,29,32). The van der Waals surface area contributed by atoms with Gasteiger partial charge in [-0.3, -0.25) is 14.0 Å². The third kappa shape index (κ3) is 4.28. The molecule has 178 valence electrons. The van der Waals surface area contributed by atoms with Gasteiger partial charge in [-0.2, -0.15) is 18.3 Å². The van der Waals surface area contributed by atoms with Gasteiger partial charge in [-0.25, -0.2) is 4.98 Å². The Kier molecular flexibility index (Phi) is 5.94. The molecular formula is C23H22F3N5O3. The Morgan fingerprint density at radius 2 is 1.76 bits per heavy atom. The maximum Gasteiger partial charge on any atom is 0.408 e. The van der Waals surface area contributed by atoms with Crippen LogP contribution in [0.1, 0.15) is 17.3 Å². The van der Waals surface area contributed by atoms with Crippen molar-refractivity contribution in [2.24, 2.45) is 7.05 Å². The van der Waals surface area contributed by atoms with E-state index in [1.54, 1.807) is 33.9 Å². The van der Waals surface area contributed by atoms with Crippen LogP contribution in [0, 0.1) is 0 Å². The second kappa shape index (κ2) is 8.73. The maximum atomic E-state index is 12.9. The molecule has 0 fully saturated rings. The normalized spacial score (nSPS) is 12.6.